The van der Waals surface area contributed by atoms with E-state index in [0.717, 1.165) is 16.6 Å². The van der Waals surface area contributed by atoms with Crippen LogP contribution in [0, 0.1) is 6.92 Å². The molecule has 18 heavy (non-hydrogen) atoms. The Bertz CT molecular complexity index is 549. The van der Waals surface area contributed by atoms with Crippen LogP contribution in [-0.4, -0.2) is 5.91 Å². The first kappa shape index (κ1) is 12.8. The van der Waals surface area contributed by atoms with Crippen molar-refractivity contribution in [1.82, 2.24) is 0 Å². The van der Waals surface area contributed by atoms with E-state index < -0.39 is 0 Å². The zero-order valence-corrected chi connectivity index (χ0v) is 11.7. The van der Waals surface area contributed by atoms with Gasteiger partial charge in [-0.05, 0) is 36.2 Å². The Morgan fingerprint density at radius 3 is 2.39 bits per heavy atom. The molecule has 2 nitrogen and oxygen atoms in total. The third kappa shape index (κ3) is 2.99. The van der Waals surface area contributed by atoms with Crippen molar-refractivity contribution >= 4 is 27.5 Å². The smallest absolute Gasteiger partial charge is 0.255 e. The molecule has 0 atom stereocenters. The second-order valence-corrected chi connectivity index (χ2v) is 4.66. The number of anilines is 1. The number of carbonyl (C=O) groups excluding carboxylic acids is 1. The maximum absolute atomic E-state index is 12.1. The van der Waals surface area contributed by atoms with E-state index >= 15 is 0 Å². The lowest BCUT2D eigenvalue weighted by atomic mass is 10.1. The fraction of sp³-hybridized carbons (Fsp3) is 0.133. The van der Waals surface area contributed by atoms with Gasteiger partial charge in [-0.15, -0.1) is 0 Å². The average molecular weight is 304 g/mol. The molecule has 0 aliphatic carbocycles. The molecule has 0 saturated heterocycles. The molecule has 0 aliphatic rings. The number of rotatable bonds is 3. The van der Waals surface area contributed by atoms with E-state index in [0.29, 0.717) is 5.56 Å². The molecule has 3 heteroatoms. The Hall–Kier alpha value is -1.61. The lowest BCUT2D eigenvalue weighted by Crippen LogP contribution is -2.13. The van der Waals surface area contributed by atoms with E-state index in [1.807, 2.05) is 55.5 Å². The van der Waals surface area contributed by atoms with Crippen LogP contribution in [0.25, 0.3) is 0 Å². The molecule has 0 spiro atoms. The molecule has 0 heterocycles. The van der Waals surface area contributed by atoms with Crippen molar-refractivity contribution in [3.63, 3.8) is 0 Å². The fourth-order valence-corrected chi connectivity index (χ4v) is 2.08. The summed E-state index contributed by atoms with van der Waals surface area (Å²) in [6.45, 7) is 1.93. The summed E-state index contributed by atoms with van der Waals surface area (Å²) in [7, 11) is 0. The van der Waals surface area contributed by atoms with E-state index in [1.54, 1.807) is 0 Å². The van der Waals surface area contributed by atoms with Crippen LogP contribution in [0.4, 0.5) is 5.69 Å². The summed E-state index contributed by atoms with van der Waals surface area (Å²) in [4.78, 5) is 12.1. The average Bonchev–Trinajstić information content (AvgIpc) is 2.40. The second-order valence-electron chi connectivity index (χ2n) is 4.10. The third-order valence-electron chi connectivity index (χ3n) is 2.76. The second kappa shape index (κ2) is 5.83. The van der Waals surface area contributed by atoms with E-state index in [9.17, 15) is 4.79 Å². The quantitative estimate of drug-likeness (QED) is 0.848. The highest BCUT2D eigenvalue weighted by atomic mass is 79.9. The summed E-state index contributed by atoms with van der Waals surface area (Å²) in [6, 6.07) is 15.4. The molecule has 1 amide bonds. The van der Waals surface area contributed by atoms with Crippen LogP contribution in [0.2, 0.25) is 0 Å². The van der Waals surface area contributed by atoms with Gasteiger partial charge in [0.25, 0.3) is 5.91 Å². The number of alkyl halides is 1. The number of aryl methyl sites for hydroxylation is 1. The zero-order chi connectivity index (χ0) is 13.0. The van der Waals surface area contributed by atoms with Gasteiger partial charge in [0.1, 0.15) is 0 Å². The van der Waals surface area contributed by atoms with Gasteiger partial charge in [0, 0.05) is 16.6 Å². The number of benzene rings is 2. The topological polar surface area (TPSA) is 29.1 Å². The van der Waals surface area contributed by atoms with Gasteiger partial charge in [0.2, 0.25) is 0 Å². The zero-order valence-electron chi connectivity index (χ0n) is 10.1. The van der Waals surface area contributed by atoms with Crippen molar-refractivity contribution in [2.45, 2.75) is 12.3 Å². The van der Waals surface area contributed by atoms with Crippen LogP contribution in [-0.2, 0) is 5.33 Å². The highest BCUT2D eigenvalue weighted by Gasteiger charge is 2.07. The first-order valence-electron chi connectivity index (χ1n) is 5.72. The van der Waals surface area contributed by atoms with E-state index in [-0.39, 0.29) is 5.91 Å². The van der Waals surface area contributed by atoms with E-state index in [4.69, 9.17) is 0 Å². The SMILES string of the molecule is Cc1ccccc1C(=O)Nc1ccc(CBr)cc1. The van der Waals surface area contributed by atoms with E-state index in [2.05, 4.69) is 21.2 Å². The van der Waals surface area contributed by atoms with Gasteiger partial charge < -0.3 is 5.32 Å². The van der Waals surface area contributed by atoms with Crippen LogP contribution in [0.5, 0.6) is 0 Å². The maximum atomic E-state index is 12.1. The molecule has 0 fully saturated rings. The van der Waals surface area contributed by atoms with Gasteiger partial charge >= 0.3 is 0 Å². The first-order valence-corrected chi connectivity index (χ1v) is 6.85. The molecule has 2 rings (SSSR count). The Labute approximate surface area is 115 Å². The monoisotopic (exact) mass is 303 g/mol. The number of nitrogens with one attached hydrogen (secondary N) is 1. The summed E-state index contributed by atoms with van der Waals surface area (Å²) in [5, 5.41) is 3.71. The standard InChI is InChI=1S/C15H14BrNO/c1-11-4-2-3-5-14(11)15(18)17-13-8-6-12(10-16)7-9-13/h2-9H,10H2,1H3,(H,17,18). The van der Waals surface area contributed by atoms with Gasteiger partial charge in [-0.1, -0.05) is 46.3 Å². The normalized spacial score (nSPS) is 10.1. The molecule has 0 aliphatic heterocycles. The summed E-state index contributed by atoms with van der Waals surface area (Å²) >= 11 is 3.39. The summed E-state index contributed by atoms with van der Waals surface area (Å²) in [6.07, 6.45) is 0. The summed E-state index contributed by atoms with van der Waals surface area (Å²) in [5.74, 6) is -0.0697. The molecule has 92 valence electrons. The van der Waals surface area contributed by atoms with Crippen LogP contribution in [0.1, 0.15) is 21.5 Å². The minimum absolute atomic E-state index is 0.0697. The molecule has 0 aromatic heterocycles. The predicted octanol–water partition coefficient (Wildman–Crippen LogP) is 4.14. The van der Waals surface area contributed by atoms with Crippen LogP contribution in [0.15, 0.2) is 48.5 Å². The molecule has 0 bridgehead atoms. The summed E-state index contributed by atoms with van der Waals surface area (Å²) < 4.78 is 0. The van der Waals surface area contributed by atoms with Crippen LogP contribution in [0.3, 0.4) is 0 Å². The molecular formula is C15H14BrNO. The maximum Gasteiger partial charge on any atom is 0.255 e. The number of hydrogen-bond donors (Lipinski definition) is 1. The molecule has 0 radical (unpaired) electrons. The van der Waals surface area contributed by atoms with Crippen molar-refractivity contribution in [2.75, 3.05) is 5.32 Å². The molecular weight excluding hydrogens is 290 g/mol. The largest absolute Gasteiger partial charge is 0.322 e. The highest BCUT2D eigenvalue weighted by Crippen LogP contribution is 2.14. The lowest BCUT2D eigenvalue weighted by Gasteiger charge is -2.07. The summed E-state index contributed by atoms with van der Waals surface area (Å²) in [5.41, 5.74) is 3.69. The van der Waals surface area contributed by atoms with Crippen molar-refractivity contribution in [3.05, 3.63) is 65.2 Å². The third-order valence-corrected chi connectivity index (χ3v) is 3.40. The van der Waals surface area contributed by atoms with Gasteiger partial charge in [0.05, 0.1) is 0 Å². The van der Waals surface area contributed by atoms with Crippen molar-refractivity contribution in [3.8, 4) is 0 Å². The highest BCUT2D eigenvalue weighted by molar-refractivity contribution is 9.08. The molecule has 0 saturated carbocycles. The van der Waals surface area contributed by atoms with Crippen molar-refractivity contribution in [2.24, 2.45) is 0 Å². The Balaban J connectivity index is 2.14. The number of hydrogen-bond acceptors (Lipinski definition) is 1. The minimum atomic E-state index is -0.0697. The first-order chi connectivity index (χ1) is 8.70. The minimum Gasteiger partial charge on any atom is -0.322 e. The number of halogens is 1. The van der Waals surface area contributed by atoms with Gasteiger partial charge in [-0.3, -0.25) is 4.79 Å². The number of amides is 1. The van der Waals surface area contributed by atoms with Crippen LogP contribution >= 0.6 is 15.9 Å². The molecule has 1 N–H and O–H groups in total. The Morgan fingerprint density at radius 1 is 1.11 bits per heavy atom. The van der Waals surface area contributed by atoms with Crippen molar-refractivity contribution in [1.29, 1.82) is 0 Å². The Kier molecular flexibility index (Phi) is 4.15. The van der Waals surface area contributed by atoms with Crippen molar-refractivity contribution < 1.29 is 4.79 Å². The van der Waals surface area contributed by atoms with Gasteiger partial charge in [0.15, 0.2) is 0 Å². The molecule has 2 aromatic rings. The van der Waals surface area contributed by atoms with Gasteiger partial charge in [-0.2, -0.15) is 0 Å². The van der Waals surface area contributed by atoms with E-state index in [1.165, 1.54) is 5.56 Å². The fourth-order valence-electron chi connectivity index (χ4n) is 1.70. The predicted molar refractivity (Wildman–Crippen MR) is 78.2 cm³/mol. The van der Waals surface area contributed by atoms with Crippen LogP contribution < -0.4 is 5.32 Å². The molecule has 2 aromatic carbocycles. The Morgan fingerprint density at radius 2 is 1.78 bits per heavy atom. The number of carbonyl (C=O) groups is 1. The van der Waals surface area contributed by atoms with Gasteiger partial charge in [-0.25, -0.2) is 0 Å². The molecule has 0 unspecified atom stereocenters. The lowest BCUT2D eigenvalue weighted by molar-refractivity contribution is 0.102.